The molecule has 6 aromatic carbocycles. The van der Waals surface area contributed by atoms with E-state index < -0.39 is 199 Å². The molecule has 1 fully saturated rings. The van der Waals surface area contributed by atoms with E-state index in [2.05, 4.69) is 58.2 Å². The molecule has 35 nitrogen and oxygen atoms in total. The topological polar surface area (TPSA) is 509 Å². The fourth-order valence-corrected chi connectivity index (χ4v) is 15.8. The number of H-pyrrole nitrogens is 1. The van der Waals surface area contributed by atoms with Crippen molar-refractivity contribution in [2.75, 3.05) is 59.3 Å². The summed E-state index contributed by atoms with van der Waals surface area (Å²) in [6.07, 6.45) is 0.0550. The van der Waals surface area contributed by atoms with Gasteiger partial charge >= 0.3 is 5.97 Å². The molecule has 1 aromatic heterocycles. The molecule has 16 N–H and O–H groups in total. The minimum absolute atomic E-state index is 0.0291. The van der Waals surface area contributed by atoms with Crippen molar-refractivity contribution >= 4 is 117 Å². The number of aromatic hydroxyl groups is 2. The maximum absolute atomic E-state index is 15.5. The van der Waals surface area contributed by atoms with Crippen molar-refractivity contribution in [1.82, 2.24) is 77.8 Å². The molecule has 0 unspecified atom stereocenters. The van der Waals surface area contributed by atoms with Gasteiger partial charge in [0.1, 0.15) is 78.0 Å². The quantitative estimate of drug-likeness (QED) is 0.0437. The van der Waals surface area contributed by atoms with Gasteiger partial charge in [-0.05, 0) is 95.3 Å². The summed E-state index contributed by atoms with van der Waals surface area (Å²) in [5, 5.41) is 58.2. The Bertz CT molecular complexity index is 5100. The predicted molar refractivity (Wildman–Crippen MR) is 482 cm³/mol. The average Bonchev–Trinajstić information content (AvgIpc) is 1.77. The number of nitrogens with one attached hydrogen (secondary N) is 11. The highest BCUT2D eigenvalue weighted by Crippen LogP contribution is 2.24. The highest BCUT2D eigenvalue weighted by Gasteiger charge is 2.41. The van der Waals surface area contributed by atoms with Gasteiger partial charge in [-0.2, -0.15) is 0 Å². The van der Waals surface area contributed by atoms with Crippen molar-refractivity contribution in [3.05, 3.63) is 203 Å². The largest absolute Gasteiger partial charge is 0.508 e. The normalized spacial score (nSPS) is 21.8. The van der Waals surface area contributed by atoms with Gasteiger partial charge in [0.15, 0.2) is 0 Å². The summed E-state index contributed by atoms with van der Waals surface area (Å²) in [6, 6.07) is 25.6. The monoisotopic (exact) mass is 1790 g/mol. The van der Waals surface area contributed by atoms with Crippen LogP contribution in [-0.2, 0) is 115 Å². The van der Waals surface area contributed by atoms with E-state index in [0.717, 1.165) is 27.1 Å². The van der Waals surface area contributed by atoms with Crippen LogP contribution in [0.1, 0.15) is 106 Å². The van der Waals surface area contributed by atoms with Crippen molar-refractivity contribution in [2.24, 2.45) is 17.6 Å². The third-order valence-electron chi connectivity index (χ3n) is 21.8. The summed E-state index contributed by atoms with van der Waals surface area (Å²) >= 11 is 0.829. The zero-order valence-corrected chi connectivity index (χ0v) is 74.9. The van der Waals surface area contributed by atoms with Gasteiger partial charge in [-0.15, -0.1) is 11.8 Å². The number of para-hydroxylation sites is 1. The lowest BCUT2D eigenvalue weighted by atomic mass is 9.99. The molecular weight excluding hydrogens is 1680 g/mol. The van der Waals surface area contributed by atoms with E-state index in [9.17, 15) is 63.3 Å². The molecule has 129 heavy (non-hydrogen) atoms. The third-order valence-corrected chi connectivity index (χ3v) is 22.9. The van der Waals surface area contributed by atoms with Crippen LogP contribution in [0.4, 0.5) is 0 Å². The van der Waals surface area contributed by atoms with E-state index in [4.69, 9.17) is 5.73 Å². The highest BCUT2D eigenvalue weighted by molar-refractivity contribution is 8.00. The number of carboxylic acid groups (broad SMARTS) is 1. The molecule has 1 aliphatic heterocycles. The lowest BCUT2D eigenvalue weighted by molar-refractivity contribution is -0.151. The second-order valence-corrected chi connectivity index (χ2v) is 34.2. The van der Waals surface area contributed by atoms with Gasteiger partial charge in [0.25, 0.3) is 0 Å². The minimum atomic E-state index is -1.91. The first-order valence-corrected chi connectivity index (χ1v) is 43.8. The van der Waals surface area contributed by atoms with Crippen LogP contribution in [0.5, 0.6) is 11.5 Å². The first-order chi connectivity index (χ1) is 61.3. The minimum Gasteiger partial charge on any atom is -0.508 e. The Morgan fingerprint density at radius 2 is 0.946 bits per heavy atom. The van der Waals surface area contributed by atoms with Gasteiger partial charge in [0.05, 0.1) is 31.8 Å². The summed E-state index contributed by atoms with van der Waals surface area (Å²) in [7, 11) is 5.25. The summed E-state index contributed by atoms with van der Waals surface area (Å²) < 4.78 is 0. The zero-order valence-electron chi connectivity index (χ0n) is 74.1. The van der Waals surface area contributed by atoms with Crippen LogP contribution in [0.3, 0.4) is 0 Å². The maximum Gasteiger partial charge on any atom is 0.305 e. The number of rotatable bonds is 23. The van der Waals surface area contributed by atoms with Crippen LogP contribution >= 0.6 is 11.8 Å². The molecule has 0 spiro atoms. The van der Waals surface area contributed by atoms with E-state index in [1.54, 1.807) is 150 Å². The van der Waals surface area contributed by atoms with Gasteiger partial charge in [-0.1, -0.05) is 180 Å². The summed E-state index contributed by atoms with van der Waals surface area (Å²) in [4.78, 5) is 242. The van der Waals surface area contributed by atoms with Gasteiger partial charge in [-0.25, -0.2) is 0 Å². The van der Waals surface area contributed by atoms with Gasteiger partial charge < -0.3 is 98.8 Å². The number of thioether (sulfide) groups is 1. The number of phenols is 2. The predicted octanol–water partition coefficient (Wildman–Crippen LogP) is 2.29. The second-order valence-electron chi connectivity index (χ2n) is 33.2. The second kappa shape index (κ2) is 48.9. The van der Waals surface area contributed by atoms with Crippen LogP contribution in [-0.4, -0.2) is 260 Å². The number of hydrogen-bond acceptors (Lipinski definition) is 19. The van der Waals surface area contributed by atoms with Crippen LogP contribution in [0.2, 0.25) is 0 Å². The van der Waals surface area contributed by atoms with E-state index in [-0.39, 0.29) is 74.5 Å². The Labute approximate surface area is 753 Å². The number of hydrogen-bond donors (Lipinski definition) is 15. The molecule has 0 aliphatic carbocycles. The van der Waals surface area contributed by atoms with Crippen LogP contribution in [0.25, 0.3) is 10.9 Å². The fraction of sp³-hybridized carbons (Fsp3) is 0.419. The standard InChI is InChI=1S/C93H118N16O19S/c1-11-12-30-75-92(127)107(8)51-79(114)98-71(47-81(116)117)88(123)105-82(55(4)5)89(124)102-69(44-61-27-21-22-56(6)40-61)86(121)103-72(43-60-33-37-64(111)38-34-60)90(125)106(7)50-78(113)97-70(46-62-48-95-66-29-20-19-28-65(62)66)87(122)101-68(41-59-31-35-63(110)36-32-59)85(120)100-67(39-54(2)3)84(119)104-74(83(118)96-49-77(94)112)52-129-53-80(115)99-73(42-57-23-15-13-16-24-57)91(126)109(10)76(93(128)108(75)9)45-58-25-17-14-18-26-58/h13-29,31-38,40,48,54-55,67-76,82,95,110-111H,11-12,30,39,41-47,49-53H2,1-10H3,(H2,94,112)(H,96,118)(H,97,113)(H,98,114)(H,99,115)(H,100,120)(H,101,122)(H,102,124)(H,103,121)(H,104,119)(H,105,123)(H,116,117)/t67-,68-,69-,70-,71-,72-,73-,74-,75-,76-,82-/m0/s1. The Hall–Kier alpha value is -13.7. The number of amides is 15. The number of carbonyl (C=O) groups is 16. The Kier molecular flexibility index (Phi) is 38.2. The van der Waals surface area contributed by atoms with Gasteiger partial charge in [0.2, 0.25) is 88.6 Å². The number of aromatic nitrogens is 1. The van der Waals surface area contributed by atoms with Gasteiger partial charge in [0, 0.05) is 89.6 Å². The third kappa shape index (κ3) is 31.1. The fourth-order valence-electron chi connectivity index (χ4n) is 14.9. The molecule has 690 valence electrons. The van der Waals surface area contributed by atoms with Gasteiger partial charge in [-0.3, -0.25) is 76.7 Å². The summed E-state index contributed by atoms with van der Waals surface area (Å²) in [5.74, 6) is -17.6. The number of carbonyl (C=O) groups excluding carboxylic acids is 15. The lowest BCUT2D eigenvalue weighted by Crippen LogP contribution is -2.61. The number of aryl methyl sites for hydroxylation is 1. The Balaban J connectivity index is 1.21. The first-order valence-electron chi connectivity index (χ1n) is 42.7. The number of primary amides is 1. The molecule has 8 rings (SSSR count). The van der Waals surface area contributed by atoms with Crippen LogP contribution in [0, 0.1) is 18.8 Å². The number of carboxylic acids is 1. The summed E-state index contributed by atoms with van der Waals surface area (Å²) in [6.45, 7) is 7.92. The molecule has 0 bridgehead atoms. The van der Waals surface area contributed by atoms with E-state index in [1.165, 1.54) is 86.5 Å². The number of fused-ring (bicyclic) bond motifs is 1. The smallest absolute Gasteiger partial charge is 0.305 e. The number of phenolic OH excluding ortho intramolecular Hbond substituents is 2. The molecule has 0 radical (unpaired) electrons. The Morgan fingerprint density at radius 1 is 0.481 bits per heavy atom. The lowest BCUT2D eigenvalue weighted by Gasteiger charge is -2.37. The molecule has 0 saturated carbocycles. The molecular formula is C93H118N16O19S. The molecule has 15 amide bonds. The van der Waals surface area contributed by atoms with Crippen molar-refractivity contribution in [1.29, 1.82) is 0 Å². The molecule has 11 atom stereocenters. The van der Waals surface area contributed by atoms with E-state index in [0.29, 0.717) is 57.1 Å². The average molecular weight is 1800 g/mol. The molecule has 1 aliphatic rings. The number of aromatic amines is 1. The first kappa shape index (κ1) is 101. The number of benzene rings is 6. The molecule has 7 aromatic rings. The van der Waals surface area contributed by atoms with Crippen molar-refractivity contribution in [2.45, 2.75) is 179 Å². The molecule has 36 heteroatoms. The van der Waals surface area contributed by atoms with Crippen molar-refractivity contribution in [3.8, 4) is 11.5 Å². The summed E-state index contributed by atoms with van der Waals surface area (Å²) in [5.41, 5.74) is 9.86. The highest BCUT2D eigenvalue weighted by atomic mass is 32.2. The van der Waals surface area contributed by atoms with Crippen molar-refractivity contribution in [3.63, 3.8) is 0 Å². The van der Waals surface area contributed by atoms with E-state index in [1.807, 2.05) is 6.92 Å². The molecule has 2 heterocycles. The van der Waals surface area contributed by atoms with Crippen LogP contribution in [0.15, 0.2) is 164 Å². The molecule has 1 saturated heterocycles. The SMILES string of the molecule is CCCC[C@H]1C(=O)N(C)CC(=O)N[C@@H](CC(=O)O)C(=O)N[C@@H](C(C)C)C(=O)N[C@@H](Cc2cccc(C)c2)C(=O)N[C@@H](Cc2ccc(O)cc2)C(=O)N(C)CC(=O)N[C@@H](Cc2c[nH]c3ccccc23)C(=O)N[C@@H](Cc2ccc(O)cc2)C(=O)N[C@@H](CC(C)C)C(=O)N[C@H](C(=O)NCC(N)=O)CSCC(=O)N[C@@H](Cc2ccccc2)C(=O)N(C)[C@@H](Cc2ccccc2)C(=O)N1C. The number of unbranched alkanes of at least 4 members (excludes halogenated alkanes) is 1. The number of aliphatic carboxylic acids is 1. The number of nitrogens with two attached hydrogens (primary N) is 1. The Morgan fingerprint density at radius 3 is 1.50 bits per heavy atom. The van der Waals surface area contributed by atoms with E-state index >= 15 is 28.8 Å². The number of likely N-dealkylation sites (N-methyl/N-ethyl adjacent to an activating group) is 4. The maximum atomic E-state index is 15.5. The van der Waals surface area contributed by atoms with Crippen molar-refractivity contribution < 1.29 is 92.0 Å². The zero-order chi connectivity index (χ0) is 94.3. The number of nitrogens with zero attached hydrogens (tertiary/aromatic N) is 4. The van der Waals surface area contributed by atoms with Crippen LogP contribution < -0.4 is 58.9 Å².